The summed E-state index contributed by atoms with van der Waals surface area (Å²) in [4.78, 5) is 34.4. The van der Waals surface area contributed by atoms with E-state index < -0.39 is 0 Å². The molecule has 0 aliphatic heterocycles. The molecule has 9 heteroatoms. The Labute approximate surface area is 175 Å². The van der Waals surface area contributed by atoms with Gasteiger partial charge in [0, 0.05) is 22.9 Å². The van der Waals surface area contributed by atoms with E-state index in [-0.39, 0.29) is 11.8 Å². The lowest BCUT2D eigenvalue weighted by Gasteiger charge is -2.07. The van der Waals surface area contributed by atoms with Crippen molar-refractivity contribution in [3.8, 4) is 16.3 Å². The molecular formula is C20H17N5O2S2. The van der Waals surface area contributed by atoms with Crippen molar-refractivity contribution >= 4 is 39.6 Å². The van der Waals surface area contributed by atoms with E-state index in [2.05, 4.69) is 20.6 Å². The zero-order valence-corrected chi connectivity index (χ0v) is 17.1. The SMILES string of the molecule is CC(=O)NCc1ccc(-c2csc(NC(=O)c3cncn3-c3ccccc3)n2)s1. The average molecular weight is 424 g/mol. The van der Waals surface area contributed by atoms with Crippen LogP contribution < -0.4 is 10.6 Å². The van der Waals surface area contributed by atoms with Crippen LogP contribution in [0.4, 0.5) is 5.13 Å². The first-order chi connectivity index (χ1) is 14.1. The number of rotatable bonds is 6. The molecule has 4 aromatic rings. The molecule has 2 N–H and O–H groups in total. The number of carbonyl (C=O) groups is 2. The van der Waals surface area contributed by atoms with Crippen LogP contribution >= 0.6 is 22.7 Å². The van der Waals surface area contributed by atoms with E-state index in [1.165, 1.54) is 24.5 Å². The molecule has 0 fully saturated rings. The molecule has 0 unspecified atom stereocenters. The molecule has 0 aliphatic carbocycles. The monoisotopic (exact) mass is 423 g/mol. The first-order valence-corrected chi connectivity index (χ1v) is 10.5. The van der Waals surface area contributed by atoms with E-state index in [9.17, 15) is 9.59 Å². The molecule has 0 aliphatic rings. The largest absolute Gasteiger partial charge is 0.351 e. The smallest absolute Gasteiger partial charge is 0.276 e. The number of carbonyl (C=O) groups excluding carboxylic acids is 2. The van der Waals surface area contributed by atoms with E-state index >= 15 is 0 Å². The minimum atomic E-state index is -0.273. The van der Waals surface area contributed by atoms with Crippen molar-refractivity contribution in [3.05, 3.63) is 70.9 Å². The van der Waals surface area contributed by atoms with Gasteiger partial charge in [-0.2, -0.15) is 0 Å². The molecule has 4 rings (SSSR count). The number of benzene rings is 1. The van der Waals surface area contributed by atoms with E-state index in [0.717, 1.165) is 21.1 Å². The number of imidazole rings is 1. The highest BCUT2D eigenvalue weighted by Crippen LogP contribution is 2.31. The average Bonchev–Trinajstić information content (AvgIpc) is 3.47. The van der Waals surface area contributed by atoms with Crippen molar-refractivity contribution in [2.75, 3.05) is 5.32 Å². The van der Waals surface area contributed by atoms with Gasteiger partial charge in [0.05, 0.1) is 29.6 Å². The predicted molar refractivity (Wildman–Crippen MR) is 114 cm³/mol. The number of aromatic nitrogens is 3. The van der Waals surface area contributed by atoms with Gasteiger partial charge in [-0.1, -0.05) is 18.2 Å². The maximum absolute atomic E-state index is 12.7. The summed E-state index contributed by atoms with van der Waals surface area (Å²) >= 11 is 2.92. The van der Waals surface area contributed by atoms with Gasteiger partial charge < -0.3 is 5.32 Å². The number of nitrogens with zero attached hydrogens (tertiary/aromatic N) is 3. The molecule has 0 saturated heterocycles. The molecule has 3 aromatic heterocycles. The summed E-state index contributed by atoms with van der Waals surface area (Å²) in [6, 6.07) is 13.5. The van der Waals surface area contributed by atoms with Crippen molar-refractivity contribution in [3.63, 3.8) is 0 Å². The van der Waals surface area contributed by atoms with Crippen LogP contribution in [0, 0.1) is 0 Å². The molecule has 3 heterocycles. The fourth-order valence-electron chi connectivity index (χ4n) is 2.69. The van der Waals surface area contributed by atoms with Gasteiger partial charge in [0.15, 0.2) is 5.13 Å². The topological polar surface area (TPSA) is 88.9 Å². The highest BCUT2D eigenvalue weighted by molar-refractivity contribution is 7.17. The molecule has 0 saturated carbocycles. The summed E-state index contributed by atoms with van der Waals surface area (Å²) in [5, 5.41) is 8.04. The van der Waals surface area contributed by atoms with Crippen LogP contribution in [0.2, 0.25) is 0 Å². The Bertz CT molecular complexity index is 1150. The van der Waals surface area contributed by atoms with Crippen molar-refractivity contribution in [1.82, 2.24) is 19.9 Å². The number of para-hydroxylation sites is 1. The van der Waals surface area contributed by atoms with Crippen molar-refractivity contribution in [1.29, 1.82) is 0 Å². The second-order valence-corrected chi connectivity index (χ2v) is 8.18. The van der Waals surface area contributed by atoms with Gasteiger partial charge in [-0.25, -0.2) is 9.97 Å². The van der Waals surface area contributed by atoms with Gasteiger partial charge >= 0.3 is 0 Å². The third-order valence-electron chi connectivity index (χ3n) is 4.06. The molecule has 2 amide bonds. The van der Waals surface area contributed by atoms with Crippen molar-refractivity contribution < 1.29 is 9.59 Å². The normalized spacial score (nSPS) is 10.7. The second-order valence-electron chi connectivity index (χ2n) is 6.15. The Morgan fingerprint density at radius 2 is 1.97 bits per heavy atom. The Morgan fingerprint density at radius 3 is 2.76 bits per heavy atom. The van der Waals surface area contributed by atoms with Gasteiger partial charge in [0.1, 0.15) is 5.69 Å². The summed E-state index contributed by atoms with van der Waals surface area (Å²) in [6.07, 6.45) is 3.14. The highest BCUT2D eigenvalue weighted by atomic mass is 32.1. The minimum absolute atomic E-state index is 0.0617. The number of hydrogen-bond acceptors (Lipinski definition) is 6. The van der Waals surface area contributed by atoms with Crippen LogP contribution in [-0.4, -0.2) is 26.3 Å². The number of amides is 2. The van der Waals surface area contributed by atoms with Gasteiger partial charge in [0.25, 0.3) is 5.91 Å². The Morgan fingerprint density at radius 1 is 1.14 bits per heavy atom. The number of anilines is 1. The Hall–Kier alpha value is -3.30. The maximum atomic E-state index is 12.7. The van der Waals surface area contributed by atoms with Gasteiger partial charge in [-0.3, -0.25) is 19.5 Å². The zero-order chi connectivity index (χ0) is 20.2. The fraction of sp³-hybridized carbons (Fsp3) is 0.100. The van der Waals surface area contributed by atoms with Crippen LogP contribution in [0.1, 0.15) is 22.3 Å². The lowest BCUT2D eigenvalue weighted by atomic mass is 10.3. The van der Waals surface area contributed by atoms with Gasteiger partial charge in [0.2, 0.25) is 5.91 Å². The van der Waals surface area contributed by atoms with E-state index in [1.807, 2.05) is 47.8 Å². The minimum Gasteiger partial charge on any atom is -0.351 e. The summed E-state index contributed by atoms with van der Waals surface area (Å²) < 4.78 is 1.73. The Kier molecular flexibility index (Phi) is 5.50. The summed E-state index contributed by atoms with van der Waals surface area (Å²) in [6.45, 7) is 1.99. The van der Waals surface area contributed by atoms with Crippen molar-refractivity contribution in [2.45, 2.75) is 13.5 Å². The number of thiophene rings is 1. The van der Waals surface area contributed by atoms with Crippen LogP contribution in [0.3, 0.4) is 0 Å². The van der Waals surface area contributed by atoms with E-state index in [4.69, 9.17) is 0 Å². The molecule has 1 aromatic carbocycles. The second kappa shape index (κ2) is 8.38. The summed E-state index contributed by atoms with van der Waals surface area (Å²) in [7, 11) is 0. The lowest BCUT2D eigenvalue weighted by Crippen LogP contribution is -2.17. The van der Waals surface area contributed by atoms with Crippen LogP contribution in [-0.2, 0) is 11.3 Å². The number of nitrogens with one attached hydrogen (secondary N) is 2. The molecule has 0 radical (unpaired) electrons. The third kappa shape index (κ3) is 4.41. The molecule has 7 nitrogen and oxygen atoms in total. The van der Waals surface area contributed by atoms with Crippen LogP contribution in [0.5, 0.6) is 0 Å². The van der Waals surface area contributed by atoms with Gasteiger partial charge in [-0.15, -0.1) is 22.7 Å². The van der Waals surface area contributed by atoms with E-state index in [1.54, 1.807) is 22.2 Å². The van der Waals surface area contributed by atoms with Crippen LogP contribution in [0.15, 0.2) is 60.4 Å². The highest BCUT2D eigenvalue weighted by Gasteiger charge is 2.15. The summed E-state index contributed by atoms with van der Waals surface area (Å²) in [5.41, 5.74) is 2.09. The third-order valence-corrected chi connectivity index (χ3v) is 5.92. The van der Waals surface area contributed by atoms with Crippen LogP contribution in [0.25, 0.3) is 16.3 Å². The van der Waals surface area contributed by atoms with Gasteiger partial charge in [-0.05, 0) is 24.3 Å². The van der Waals surface area contributed by atoms with E-state index in [0.29, 0.717) is 17.4 Å². The molecule has 0 atom stereocenters. The molecular weight excluding hydrogens is 406 g/mol. The first-order valence-electron chi connectivity index (χ1n) is 8.78. The number of hydrogen-bond donors (Lipinski definition) is 2. The first kappa shape index (κ1) is 19.0. The zero-order valence-electron chi connectivity index (χ0n) is 15.5. The standard InChI is InChI=1S/C20H17N5O2S2/c1-13(26)22-9-15-7-8-18(29-15)16-11-28-20(23-16)24-19(27)17-10-21-12-25(17)14-5-3-2-4-6-14/h2-8,10-12H,9H2,1H3,(H,22,26)(H,23,24,27). The summed E-state index contributed by atoms with van der Waals surface area (Å²) in [5.74, 6) is -0.335. The quantitative estimate of drug-likeness (QED) is 0.492. The molecule has 0 bridgehead atoms. The molecule has 146 valence electrons. The lowest BCUT2D eigenvalue weighted by molar-refractivity contribution is -0.119. The predicted octanol–water partition coefficient (Wildman–Crippen LogP) is 3.95. The molecule has 29 heavy (non-hydrogen) atoms. The Balaban J connectivity index is 1.47. The van der Waals surface area contributed by atoms with Crippen molar-refractivity contribution in [2.24, 2.45) is 0 Å². The maximum Gasteiger partial charge on any atom is 0.276 e. The molecule has 0 spiro atoms. The number of thiazole rings is 1. The fourth-order valence-corrected chi connectivity index (χ4v) is 4.37.